The molecule has 0 saturated carbocycles. The van der Waals surface area contributed by atoms with E-state index in [1.807, 2.05) is 0 Å². The Kier molecular flexibility index (Phi) is 6.75. The molecule has 1 amide bonds. The lowest BCUT2D eigenvalue weighted by molar-refractivity contribution is -0.123. The number of aromatic hydroxyl groups is 2. The fourth-order valence-corrected chi connectivity index (χ4v) is 3.02. The second-order valence-corrected chi connectivity index (χ2v) is 6.97. The van der Waals surface area contributed by atoms with Gasteiger partial charge in [-0.3, -0.25) is 4.79 Å². The minimum absolute atomic E-state index is 0.0468. The highest BCUT2D eigenvalue weighted by atomic mass is 79.9. The second-order valence-electron chi connectivity index (χ2n) is 5.33. The number of nitrogens with zero attached hydrogens (tertiary/aromatic N) is 1. The number of phenolic OH excluding ortho intramolecular Hbond substituents is 2. The van der Waals surface area contributed by atoms with Crippen LogP contribution in [0.15, 0.2) is 27.8 Å². The van der Waals surface area contributed by atoms with Crippen LogP contribution in [0.3, 0.4) is 0 Å². The SMILES string of the molecule is Cc1c(O)c(Br)c(C)c(C=NNC(=O)COc2ccc(Cl)cc2Cl)c1O. The Morgan fingerprint density at radius 3 is 2.62 bits per heavy atom. The normalized spacial score (nSPS) is 11.0. The minimum atomic E-state index is -0.515. The number of carbonyl (C=O) groups excluding carboxylic acids is 1. The molecule has 2 aromatic carbocycles. The number of ether oxygens (including phenoxy) is 1. The maximum Gasteiger partial charge on any atom is 0.277 e. The number of halogens is 3. The summed E-state index contributed by atoms with van der Waals surface area (Å²) in [7, 11) is 0. The van der Waals surface area contributed by atoms with E-state index in [-0.39, 0.29) is 18.1 Å². The van der Waals surface area contributed by atoms with Crippen LogP contribution in [0.5, 0.6) is 17.2 Å². The van der Waals surface area contributed by atoms with Crippen molar-refractivity contribution in [3.8, 4) is 17.2 Å². The Morgan fingerprint density at radius 1 is 1.27 bits per heavy atom. The molecule has 2 aromatic rings. The molecular formula is C17H15BrCl2N2O4. The summed E-state index contributed by atoms with van der Waals surface area (Å²) in [6.45, 7) is 2.95. The van der Waals surface area contributed by atoms with E-state index in [2.05, 4.69) is 26.5 Å². The first-order chi connectivity index (χ1) is 12.2. The van der Waals surface area contributed by atoms with Crippen molar-refractivity contribution < 1.29 is 19.7 Å². The van der Waals surface area contributed by atoms with E-state index in [9.17, 15) is 15.0 Å². The van der Waals surface area contributed by atoms with Crippen LogP contribution < -0.4 is 10.2 Å². The molecule has 0 aliphatic rings. The summed E-state index contributed by atoms with van der Waals surface area (Å²) in [5.74, 6) is -0.361. The number of hydrogen-bond donors (Lipinski definition) is 3. The fourth-order valence-electron chi connectivity index (χ4n) is 2.05. The van der Waals surface area contributed by atoms with Crippen molar-refractivity contribution in [3.05, 3.63) is 49.4 Å². The van der Waals surface area contributed by atoms with Crippen molar-refractivity contribution >= 4 is 51.3 Å². The second kappa shape index (κ2) is 8.62. The summed E-state index contributed by atoms with van der Waals surface area (Å²) in [6.07, 6.45) is 1.29. The Bertz CT molecular complexity index is 859. The number of amides is 1. The van der Waals surface area contributed by atoms with Crippen LogP contribution in [0.25, 0.3) is 0 Å². The van der Waals surface area contributed by atoms with Crippen molar-refractivity contribution in [2.24, 2.45) is 5.10 Å². The monoisotopic (exact) mass is 460 g/mol. The van der Waals surface area contributed by atoms with Gasteiger partial charge in [0.05, 0.1) is 15.7 Å². The van der Waals surface area contributed by atoms with Gasteiger partial charge in [0.15, 0.2) is 6.61 Å². The molecule has 0 spiro atoms. The number of hydrazone groups is 1. The first kappa shape index (κ1) is 20.4. The van der Waals surface area contributed by atoms with Crippen LogP contribution in [0.4, 0.5) is 0 Å². The fraction of sp³-hybridized carbons (Fsp3) is 0.176. The predicted octanol–water partition coefficient (Wildman–Crippen LogP) is 4.31. The van der Waals surface area contributed by atoms with Gasteiger partial charge < -0.3 is 14.9 Å². The van der Waals surface area contributed by atoms with Gasteiger partial charge in [-0.05, 0) is 53.5 Å². The zero-order chi connectivity index (χ0) is 19.4. The van der Waals surface area contributed by atoms with Gasteiger partial charge in [-0.15, -0.1) is 0 Å². The van der Waals surface area contributed by atoms with Crippen molar-refractivity contribution in [2.45, 2.75) is 13.8 Å². The molecule has 0 fully saturated rings. The van der Waals surface area contributed by atoms with E-state index < -0.39 is 5.91 Å². The van der Waals surface area contributed by atoms with Crippen LogP contribution in [-0.2, 0) is 4.79 Å². The molecule has 0 saturated heterocycles. The summed E-state index contributed by atoms with van der Waals surface area (Å²) >= 11 is 15.0. The van der Waals surface area contributed by atoms with Gasteiger partial charge in [0.1, 0.15) is 17.2 Å². The van der Waals surface area contributed by atoms with E-state index in [0.717, 1.165) is 0 Å². The van der Waals surface area contributed by atoms with E-state index >= 15 is 0 Å². The molecule has 6 nitrogen and oxygen atoms in total. The average Bonchev–Trinajstić information content (AvgIpc) is 2.60. The average molecular weight is 462 g/mol. The quantitative estimate of drug-likeness (QED) is 0.457. The largest absolute Gasteiger partial charge is 0.507 e. The summed E-state index contributed by atoms with van der Waals surface area (Å²) in [4.78, 5) is 11.8. The van der Waals surface area contributed by atoms with Crippen LogP contribution in [0, 0.1) is 13.8 Å². The third-order valence-corrected chi connectivity index (χ3v) is 5.04. The number of carbonyl (C=O) groups is 1. The van der Waals surface area contributed by atoms with Crippen LogP contribution >= 0.6 is 39.1 Å². The molecular weight excluding hydrogens is 447 g/mol. The highest BCUT2D eigenvalue weighted by molar-refractivity contribution is 9.10. The van der Waals surface area contributed by atoms with E-state index in [0.29, 0.717) is 37.0 Å². The highest BCUT2D eigenvalue weighted by Crippen LogP contribution is 2.39. The topological polar surface area (TPSA) is 91.2 Å². The van der Waals surface area contributed by atoms with Gasteiger partial charge in [-0.1, -0.05) is 23.2 Å². The highest BCUT2D eigenvalue weighted by Gasteiger charge is 2.16. The van der Waals surface area contributed by atoms with E-state index in [1.165, 1.54) is 12.3 Å². The first-order valence-corrected chi connectivity index (χ1v) is 8.87. The molecule has 0 bridgehead atoms. The molecule has 0 radical (unpaired) electrons. The van der Waals surface area contributed by atoms with Gasteiger partial charge in [-0.25, -0.2) is 5.43 Å². The molecule has 0 aromatic heterocycles. The van der Waals surface area contributed by atoms with Crippen molar-refractivity contribution in [2.75, 3.05) is 6.61 Å². The third-order valence-electron chi connectivity index (χ3n) is 3.54. The summed E-state index contributed by atoms with van der Waals surface area (Å²) in [5, 5.41) is 24.5. The van der Waals surface area contributed by atoms with Crippen LogP contribution in [-0.4, -0.2) is 28.9 Å². The zero-order valence-corrected chi connectivity index (χ0v) is 16.9. The maximum atomic E-state index is 11.8. The number of benzene rings is 2. The van der Waals surface area contributed by atoms with E-state index in [4.69, 9.17) is 27.9 Å². The number of nitrogens with one attached hydrogen (secondary N) is 1. The Labute approximate surface area is 168 Å². The minimum Gasteiger partial charge on any atom is -0.507 e. The standard InChI is InChI=1S/C17H15BrCl2N2O4/c1-8-11(16(24)9(2)17(25)15(8)18)6-21-22-14(23)7-26-13-4-3-10(19)5-12(13)20/h3-6,24-25H,7H2,1-2H3,(H,22,23). The van der Waals surface area contributed by atoms with Gasteiger partial charge in [0.25, 0.3) is 5.91 Å². The third kappa shape index (κ3) is 4.60. The molecule has 138 valence electrons. The van der Waals surface area contributed by atoms with Crippen LogP contribution in [0.2, 0.25) is 10.0 Å². The molecule has 9 heteroatoms. The molecule has 0 unspecified atom stereocenters. The summed E-state index contributed by atoms with van der Waals surface area (Å²) in [6, 6.07) is 4.65. The van der Waals surface area contributed by atoms with Crippen molar-refractivity contribution in [1.29, 1.82) is 0 Å². The zero-order valence-electron chi connectivity index (χ0n) is 13.8. The molecule has 0 heterocycles. The Morgan fingerprint density at radius 2 is 1.96 bits per heavy atom. The van der Waals surface area contributed by atoms with Crippen molar-refractivity contribution in [1.82, 2.24) is 5.43 Å². The molecule has 0 atom stereocenters. The number of phenols is 2. The molecule has 26 heavy (non-hydrogen) atoms. The molecule has 0 aliphatic heterocycles. The molecule has 3 N–H and O–H groups in total. The van der Waals surface area contributed by atoms with Crippen LogP contribution in [0.1, 0.15) is 16.7 Å². The van der Waals surface area contributed by atoms with E-state index in [1.54, 1.807) is 26.0 Å². The Balaban J connectivity index is 2.01. The van der Waals surface area contributed by atoms with Gasteiger partial charge in [-0.2, -0.15) is 5.10 Å². The Hall–Kier alpha value is -1.96. The summed E-state index contributed by atoms with van der Waals surface area (Å²) < 4.78 is 5.74. The number of rotatable bonds is 5. The predicted molar refractivity (Wildman–Crippen MR) is 105 cm³/mol. The van der Waals surface area contributed by atoms with Gasteiger partial charge in [0, 0.05) is 16.1 Å². The lowest BCUT2D eigenvalue weighted by atomic mass is 10.0. The lowest BCUT2D eigenvalue weighted by Crippen LogP contribution is -2.24. The molecule has 0 aliphatic carbocycles. The lowest BCUT2D eigenvalue weighted by Gasteiger charge is -2.12. The van der Waals surface area contributed by atoms with Gasteiger partial charge in [0.2, 0.25) is 0 Å². The first-order valence-electron chi connectivity index (χ1n) is 7.32. The maximum absolute atomic E-state index is 11.8. The molecule has 2 rings (SSSR count). The van der Waals surface area contributed by atoms with Gasteiger partial charge >= 0.3 is 0 Å². The summed E-state index contributed by atoms with van der Waals surface area (Å²) in [5.41, 5.74) is 3.54. The number of hydrogen-bond acceptors (Lipinski definition) is 5. The smallest absolute Gasteiger partial charge is 0.277 e. The van der Waals surface area contributed by atoms with Crippen molar-refractivity contribution in [3.63, 3.8) is 0 Å².